The van der Waals surface area contributed by atoms with E-state index < -0.39 is 0 Å². The Hall–Kier alpha value is -3.54. The fraction of sp³-hybridized carbons (Fsp3) is 0.217. The summed E-state index contributed by atoms with van der Waals surface area (Å²) in [5.74, 6) is 1.64. The Bertz CT molecular complexity index is 1080. The van der Waals surface area contributed by atoms with E-state index in [1.54, 1.807) is 19.3 Å². The molecule has 0 radical (unpaired) electrons. The Balaban J connectivity index is 1.39. The summed E-state index contributed by atoms with van der Waals surface area (Å²) in [6, 6.07) is 14.3. The zero-order valence-electron chi connectivity index (χ0n) is 16.1. The number of aromatic nitrogens is 1. The van der Waals surface area contributed by atoms with E-state index in [4.69, 9.17) is 9.47 Å². The summed E-state index contributed by atoms with van der Waals surface area (Å²) in [5.41, 5.74) is 6.42. The maximum Gasteiger partial charge on any atom is 0.231 e. The number of ether oxygens (including phenoxy) is 2. The number of nitrogens with one attached hydrogen (secondary N) is 1. The van der Waals surface area contributed by atoms with Crippen molar-refractivity contribution in [3.8, 4) is 22.6 Å². The molecule has 5 rings (SSSR count). The van der Waals surface area contributed by atoms with Crippen LogP contribution in [0.15, 0.2) is 54.9 Å². The molecule has 2 aliphatic heterocycles. The highest BCUT2D eigenvalue weighted by Crippen LogP contribution is 2.42. The summed E-state index contributed by atoms with van der Waals surface area (Å²) in [7, 11) is 0. The third-order valence-corrected chi connectivity index (χ3v) is 5.38. The van der Waals surface area contributed by atoms with Crippen LogP contribution >= 0.6 is 0 Å². The average Bonchev–Trinajstić information content (AvgIpc) is 3.38. The minimum Gasteiger partial charge on any atom is -0.454 e. The molecule has 0 saturated heterocycles. The van der Waals surface area contributed by atoms with Crippen molar-refractivity contribution in [2.24, 2.45) is 0 Å². The summed E-state index contributed by atoms with van der Waals surface area (Å²) in [6.45, 7) is 3.26. The maximum atomic E-state index is 11.7. The highest BCUT2D eigenvalue weighted by molar-refractivity contribution is 5.94. The molecule has 0 unspecified atom stereocenters. The van der Waals surface area contributed by atoms with Gasteiger partial charge < -0.3 is 19.7 Å². The number of amides is 1. The SMILES string of the molecule is CC(=O)N1CCc2cc(NCc3cc4c(c(-c5ccncc5)c3)OCO4)ccc21. The summed E-state index contributed by atoms with van der Waals surface area (Å²) < 4.78 is 11.3. The minimum atomic E-state index is 0.0912. The van der Waals surface area contributed by atoms with Crippen molar-refractivity contribution < 1.29 is 14.3 Å². The fourth-order valence-electron chi connectivity index (χ4n) is 3.96. The van der Waals surface area contributed by atoms with Gasteiger partial charge in [-0.3, -0.25) is 9.78 Å². The van der Waals surface area contributed by atoms with Crippen molar-refractivity contribution >= 4 is 17.3 Å². The van der Waals surface area contributed by atoms with Crippen LogP contribution in [-0.2, 0) is 17.8 Å². The number of anilines is 2. The molecule has 0 atom stereocenters. The molecule has 29 heavy (non-hydrogen) atoms. The molecule has 0 bridgehead atoms. The lowest BCUT2D eigenvalue weighted by Crippen LogP contribution is -2.25. The molecule has 6 nitrogen and oxygen atoms in total. The molecule has 3 heterocycles. The molecule has 3 aromatic rings. The normalized spacial score (nSPS) is 14.0. The van der Waals surface area contributed by atoms with E-state index in [2.05, 4.69) is 22.4 Å². The van der Waals surface area contributed by atoms with E-state index in [9.17, 15) is 4.79 Å². The van der Waals surface area contributed by atoms with Gasteiger partial charge in [-0.1, -0.05) is 0 Å². The first kappa shape index (κ1) is 17.6. The summed E-state index contributed by atoms with van der Waals surface area (Å²) in [6.07, 6.45) is 4.44. The molecule has 0 fully saturated rings. The Morgan fingerprint density at radius 3 is 2.83 bits per heavy atom. The van der Waals surface area contributed by atoms with Gasteiger partial charge in [0, 0.05) is 49.3 Å². The molecule has 0 saturated carbocycles. The smallest absolute Gasteiger partial charge is 0.231 e. The van der Waals surface area contributed by atoms with Crippen LogP contribution in [0.1, 0.15) is 18.1 Å². The lowest BCUT2D eigenvalue weighted by molar-refractivity contribution is -0.116. The number of hydrogen-bond donors (Lipinski definition) is 1. The molecule has 2 aliphatic rings. The third kappa shape index (κ3) is 3.27. The van der Waals surface area contributed by atoms with E-state index >= 15 is 0 Å². The Morgan fingerprint density at radius 1 is 1.14 bits per heavy atom. The van der Waals surface area contributed by atoms with Gasteiger partial charge >= 0.3 is 0 Å². The number of benzene rings is 2. The van der Waals surface area contributed by atoms with E-state index in [0.717, 1.165) is 52.5 Å². The van der Waals surface area contributed by atoms with Crippen molar-refractivity contribution in [2.45, 2.75) is 19.9 Å². The van der Waals surface area contributed by atoms with Crippen molar-refractivity contribution in [3.05, 3.63) is 66.0 Å². The van der Waals surface area contributed by atoms with E-state index in [0.29, 0.717) is 6.54 Å². The van der Waals surface area contributed by atoms with Gasteiger partial charge in [0.25, 0.3) is 0 Å². The van der Waals surface area contributed by atoms with Crippen LogP contribution in [0.25, 0.3) is 11.1 Å². The quantitative estimate of drug-likeness (QED) is 0.733. The number of carbonyl (C=O) groups excluding carboxylic acids is 1. The topological polar surface area (TPSA) is 63.7 Å². The number of nitrogens with zero attached hydrogens (tertiary/aromatic N) is 2. The highest BCUT2D eigenvalue weighted by atomic mass is 16.7. The predicted molar refractivity (Wildman–Crippen MR) is 111 cm³/mol. The molecule has 1 N–H and O–H groups in total. The number of carbonyl (C=O) groups is 1. The zero-order chi connectivity index (χ0) is 19.8. The molecule has 1 aromatic heterocycles. The molecular weight excluding hydrogens is 366 g/mol. The Kier molecular flexibility index (Phi) is 4.31. The second-order valence-corrected chi connectivity index (χ2v) is 7.23. The van der Waals surface area contributed by atoms with Crippen molar-refractivity contribution in [2.75, 3.05) is 23.6 Å². The number of hydrogen-bond acceptors (Lipinski definition) is 5. The Labute approximate surface area is 169 Å². The largest absolute Gasteiger partial charge is 0.454 e. The van der Waals surface area contributed by atoms with E-state index in [1.165, 1.54) is 5.56 Å². The minimum absolute atomic E-state index is 0.0912. The monoisotopic (exact) mass is 387 g/mol. The van der Waals surface area contributed by atoms with Crippen LogP contribution in [0.4, 0.5) is 11.4 Å². The summed E-state index contributed by atoms with van der Waals surface area (Å²) >= 11 is 0. The predicted octanol–water partition coefficient (Wildman–Crippen LogP) is 4.00. The van der Waals surface area contributed by atoms with Crippen molar-refractivity contribution in [1.82, 2.24) is 4.98 Å². The van der Waals surface area contributed by atoms with Crippen LogP contribution in [0.5, 0.6) is 11.5 Å². The van der Waals surface area contributed by atoms with Gasteiger partial charge in [-0.05, 0) is 65.6 Å². The number of pyridine rings is 1. The lowest BCUT2D eigenvalue weighted by atomic mass is 10.0. The lowest BCUT2D eigenvalue weighted by Gasteiger charge is -2.15. The summed E-state index contributed by atoms with van der Waals surface area (Å²) in [4.78, 5) is 17.7. The van der Waals surface area contributed by atoms with Gasteiger partial charge in [-0.2, -0.15) is 0 Å². The van der Waals surface area contributed by atoms with Crippen LogP contribution < -0.4 is 19.7 Å². The average molecular weight is 387 g/mol. The maximum absolute atomic E-state index is 11.7. The molecule has 0 spiro atoms. The van der Waals surface area contributed by atoms with Gasteiger partial charge in [-0.25, -0.2) is 0 Å². The molecular formula is C23H21N3O3. The standard InChI is InChI=1S/C23H21N3O3/c1-15(27)26-9-6-18-12-19(2-3-21(18)26)25-13-16-10-20(17-4-7-24-8-5-17)23-22(11-16)28-14-29-23/h2-5,7-8,10-12,25H,6,9,13-14H2,1H3. The molecule has 0 aliphatic carbocycles. The number of fused-ring (bicyclic) bond motifs is 2. The molecule has 1 amide bonds. The van der Waals surface area contributed by atoms with Crippen molar-refractivity contribution in [1.29, 1.82) is 0 Å². The fourth-order valence-corrected chi connectivity index (χ4v) is 3.96. The van der Waals surface area contributed by atoms with Crippen LogP contribution in [-0.4, -0.2) is 24.2 Å². The van der Waals surface area contributed by atoms with Crippen LogP contribution in [0.2, 0.25) is 0 Å². The summed E-state index contributed by atoms with van der Waals surface area (Å²) in [5, 5.41) is 3.49. The van der Waals surface area contributed by atoms with Gasteiger partial charge in [0.1, 0.15) is 0 Å². The van der Waals surface area contributed by atoms with Gasteiger partial charge in [0.2, 0.25) is 12.7 Å². The first-order valence-corrected chi connectivity index (χ1v) is 9.67. The van der Waals surface area contributed by atoms with Crippen LogP contribution in [0.3, 0.4) is 0 Å². The molecule has 146 valence electrons. The zero-order valence-corrected chi connectivity index (χ0v) is 16.1. The Morgan fingerprint density at radius 2 is 2.00 bits per heavy atom. The molecule has 6 heteroatoms. The number of rotatable bonds is 4. The van der Waals surface area contributed by atoms with Gasteiger partial charge in [-0.15, -0.1) is 0 Å². The van der Waals surface area contributed by atoms with Crippen LogP contribution in [0, 0.1) is 0 Å². The first-order valence-electron chi connectivity index (χ1n) is 9.67. The second kappa shape index (κ2) is 7.13. The van der Waals surface area contributed by atoms with Gasteiger partial charge in [0.05, 0.1) is 0 Å². The second-order valence-electron chi connectivity index (χ2n) is 7.23. The molecule has 2 aromatic carbocycles. The highest BCUT2D eigenvalue weighted by Gasteiger charge is 2.23. The first-order chi connectivity index (χ1) is 14.2. The van der Waals surface area contributed by atoms with Gasteiger partial charge in [0.15, 0.2) is 11.5 Å². The van der Waals surface area contributed by atoms with Crippen molar-refractivity contribution in [3.63, 3.8) is 0 Å². The van der Waals surface area contributed by atoms with E-state index in [1.807, 2.05) is 35.2 Å². The third-order valence-electron chi connectivity index (χ3n) is 5.38. The van der Waals surface area contributed by atoms with E-state index in [-0.39, 0.29) is 12.7 Å².